The Morgan fingerprint density at radius 2 is 1.97 bits per heavy atom. The second-order valence-corrected chi connectivity index (χ2v) is 9.10. The van der Waals surface area contributed by atoms with Crippen molar-refractivity contribution in [3.05, 3.63) is 65.5 Å². The third-order valence-corrected chi connectivity index (χ3v) is 6.66. The van der Waals surface area contributed by atoms with Gasteiger partial charge in [0.15, 0.2) is 5.69 Å². The van der Waals surface area contributed by atoms with Gasteiger partial charge in [-0.3, -0.25) is 29.4 Å². The van der Waals surface area contributed by atoms with Crippen LogP contribution in [-0.4, -0.2) is 62.2 Å². The highest BCUT2D eigenvalue weighted by atomic mass is 16.5. The lowest BCUT2D eigenvalue weighted by atomic mass is 10.0. The first-order chi connectivity index (χ1) is 17.4. The highest BCUT2D eigenvalue weighted by Gasteiger charge is 2.39. The highest BCUT2D eigenvalue weighted by molar-refractivity contribution is 6.06. The molecule has 36 heavy (non-hydrogen) atoms. The van der Waals surface area contributed by atoms with E-state index in [2.05, 4.69) is 15.6 Å². The van der Waals surface area contributed by atoms with Gasteiger partial charge in [-0.1, -0.05) is 23.4 Å². The second-order valence-electron chi connectivity index (χ2n) is 9.10. The molecule has 11 heteroatoms. The molecule has 182 valence electrons. The molecule has 0 saturated carbocycles. The quantitative estimate of drug-likeness (QED) is 0.555. The number of hydrogen-bond donors (Lipinski definition) is 1. The van der Waals surface area contributed by atoms with Crippen LogP contribution in [0.5, 0.6) is 5.75 Å². The van der Waals surface area contributed by atoms with Gasteiger partial charge in [0, 0.05) is 18.5 Å². The maximum Gasteiger partial charge on any atom is 0.280 e. The van der Waals surface area contributed by atoms with Crippen LogP contribution in [0.15, 0.2) is 48.7 Å². The van der Waals surface area contributed by atoms with E-state index in [0.29, 0.717) is 35.7 Å². The normalized spacial score (nSPS) is 21.1. The lowest BCUT2D eigenvalue weighted by Crippen LogP contribution is -2.52. The van der Waals surface area contributed by atoms with Crippen LogP contribution in [0.3, 0.4) is 0 Å². The van der Waals surface area contributed by atoms with Gasteiger partial charge in [-0.05, 0) is 43.2 Å². The van der Waals surface area contributed by atoms with Crippen molar-refractivity contribution in [3.63, 3.8) is 0 Å². The molecule has 2 aromatic carbocycles. The number of ether oxygens (including phenoxy) is 1. The van der Waals surface area contributed by atoms with E-state index in [9.17, 15) is 19.2 Å². The van der Waals surface area contributed by atoms with Gasteiger partial charge in [0.2, 0.25) is 11.8 Å². The van der Waals surface area contributed by atoms with E-state index in [1.807, 2.05) is 31.2 Å². The Bertz CT molecular complexity index is 1430. The average molecular weight is 486 g/mol. The van der Waals surface area contributed by atoms with E-state index in [1.54, 1.807) is 23.1 Å². The summed E-state index contributed by atoms with van der Waals surface area (Å²) in [6, 6.07) is 11.9. The van der Waals surface area contributed by atoms with Crippen molar-refractivity contribution < 1.29 is 23.9 Å². The molecule has 11 nitrogen and oxygen atoms in total. The van der Waals surface area contributed by atoms with Crippen LogP contribution >= 0.6 is 0 Å². The van der Waals surface area contributed by atoms with Crippen molar-refractivity contribution in [2.45, 2.75) is 38.5 Å². The van der Waals surface area contributed by atoms with Crippen LogP contribution in [0.1, 0.15) is 46.2 Å². The Morgan fingerprint density at radius 3 is 2.81 bits per heavy atom. The van der Waals surface area contributed by atoms with E-state index in [1.165, 1.54) is 15.8 Å². The van der Waals surface area contributed by atoms with Gasteiger partial charge in [-0.25, -0.2) is 4.68 Å². The van der Waals surface area contributed by atoms with E-state index in [-0.39, 0.29) is 42.5 Å². The molecule has 1 N–H and O–H groups in total. The highest BCUT2D eigenvalue weighted by Crippen LogP contribution is 2.34. The molecule has 1 fully saturated rings. The van der Waals surface area contributed by atoms with Crippen molar-refractivity contribution in [2.24, 2.45) is 0 Å². The van der Waals surface area contributed by atoms with Crippen LogP contribution in [0, 0.1) is 0 Å². The Morgan fingerprint density at radius 1 is 1.14 bits per heavy atom. The van der Waals surface area contributed by atoms with Crippen LogP contribution < -0.4 is 15.0 Å². The number of carbonyl (C=O) groups excluding carboxylic acids is 4. The third kappa shape index (κ3) is 3.60. The first kappa shape index (κ1) is 22.0. The molecule has 4 heterocycles. The van der Waals surface area contributed by atoms with Gasteiger partial charge in [0.25, 0.3) is 11.8 Å². The number of benzene rings is 2. The molecule has 0 bridgehead atoms. The third-order valence-electron chi connectivity index (χ3n) is 6.66. The van der Waals surface area contributed by atoms with E-state index in [4.69, 9.17) is 4.74 Å². The lowest BCUT2D eigenvalue weighted by molar-refractivity contribution is -0.136. The number of para-hydroxylation sites is 2. The number of amides is 4. The zero-order chi connectivity index (χ0) is 25.0. The smallest absolute Gasteiger partial charge is 0.280 e. The number of aromatic nitrogens is 3. The summed E-state index contributed by atoms with van der Waals surface area (Å²) in [6.45, 7) is 2.56. The van der Waals surface area contributed by atoms with Crippen molar-refractivity contribution in [1.82, 2.24) is 25.2 Å². The zero-order valence-electron chi connectivity index (χ0n) is 19.4. The number of rotatable bonds is 3. The van der Waals surface area contributed by atoms with Gasteiger partial charge in [-0.2, -0.15) is 0 Å². The van der Waals surface area contributed by atoms with Crippen LogP contribution in [0.25, 0.3) is 5.69 Å². The molecular formula is C25H22N6O5. The van der Waals surface area contributed by atoms with Crippen molar-refractivity contribution in [1.29, 1.82) is 0 Å². The lowest BCUT2D eigenvalue weighted by Gasteiger charge is -2.32. The molecule has 4 amide bonds. The van der Waals surface area contributed by atoms with Crippen LogP contribution in [0.2, 0.25) is 0 Å². The Labute approximate surface area is 205 Å². The maximum atomic E-state index is 13.3. The molecular weight excluding hydrogens is 464 g/mol. The summed E-state index contributed by atoms with van der Waals surface area (Å²) in [5.74, 6) is -0.725. The molecule has 3 aliphatic rings. The van der Waals surface area contributed by atoms with Crippen molar-refractivity contribution >= 4 is 29.3 Å². The molecule has 2 atom stereocenters. The summed E-state index contributed by atoms with van der Waals surface area (Å²) >= 11 is 0. The van der Waals surface area contributed by atoms with Crippen LogP contribution in [-0.2, 0) is 16.1 Å². The summed E-state index contributed by atoms with van der Waals surface area (Å²) in [6.07, 6.45) is 1.86. The largest absolute Gasteiger partial charge is 0.487 e. The fraction of sp³-hybridized carbons (Fsp3) is 0.280. The number of nitrogens with zero attached hydrogens (tertiary/aromatic N) is 5. The predicted octanol–water partition coefficient (Wildman–Crippen LogP) is 1.46. The maximum absolute atomic E-state index is 13.3. The van der Waals surface area contributed by atoms with Gasteiger partial charge in [0.05, 0.1) is 24.1 Å². The summed E-state index contributed by atoms with van der Waals surface area (Å²) < 4.78 is 7.28. The molecule has 1 aromatic heterocycles. The zero-order valence-corrected chi connectivity index (χ0v) is 19.4. The minimum Gasteiger partial charge on any atom is -0.487 e. The molecule has 6 rings (SSSR count). The summed E-state index contributed by atoms with van der Waals surface area (Å²) in [5, 5.41) is 10.5. The number of fused-ring (bicyclic) bond motifs is 2. The first-order valence-corrected chi connectivity index (χ1v) is 11.7. The standard InChI is InChI=1S/C25H22N6O5/c1-14-11-29(19-4-2-3-5-21(19)36-14)25(35)18-13-31(28-27-18)16-7-6-15-12-30(24(34)17(15)10-16)20-8-9-22(32)26-23(20)33/h2-7,10,13-14,20H,8-9,11-12H2,1H3,(H,26,32,33)/t14-,20?/m1/s1. The van der Waals surface area contributed by atoms with Gasteiger partial charge < -0.3 is 9.64 Å². The van der Waals surface area contributed by atoms with Crippen molar-refractivity contribution in [2.75, 3.05) is 11.4 Å². The number of imide groups is 1. The Kier molecular flexibility index (Phi) is 5.06. The minimum absolute atomic E-state index is 0.163. The van der Waals surface area contributed by atoms with E-state index in [0.717, 1.165) is 5.56 Å². The van der Waals surface area contributed by atoms with Gasteiger partial charge in [-0.15, -0.1) is 5.10 Å². The summed E-state index contributed by atoms with van der Waals surface area (Å²) in [5.41, 5.74) is 2.64. The predicted molar refractivity (Wildman–Crippen MR) is 126 cm³/mol. The Hall–Kier alpha value is -4.54. The summed E-state index contributed by atoms with van der Waals surface area (Å²) in [7, 11) is 0. The number of carbonyl (C=O) groups is 4. The number of nitrogens with one attached hydrogen (secondary N) is 1. The SMILES string of the molecule is C[C@@H]1CN(C(=O)c2cn(-c3ccc4c(c3)C(=O)N(C3CCC(=O)NC3=O)C4)nn2)c2ccccc2O1. The molecule has 3 aromatic rings. The molecule has 0 spiro atoms. The molecule has 1 saturated heterocycles. The first-order valence-electron chi connectivity index (χ1n) is 11.7. The Balaban J connectivity index is 1.24. The minimum atomic E-state index is -0.680. The van der Waals surface area contributed by atoms with Crippen molar-refractivity contribution in [3.8, 4) is 11.4 Å². The molecule has 0 radical (unpaired) electrons. The number of piperidine rings is 1. The van der Waals surface area contributed by atoms with Gasteiger partial charge >= 0.3 is 0 Å². The monoisotopic (exact) mass is 486 g/mol. The molecule has 3 aliphatic heterocycles. The average Bonchev–Trinajstić information content (AvgIpc) is 3.48. The van der Waals surface area contributed by atoms with E-state index < -0.39 is 11.9 Å². The topological polar surface area (TPSA) is 127 Å². The van der Waals surface area contributed by atoms with Gasteiger partial charge in [0.1, 0.15) is 17.9 Å². The van der Waals surface area contributed by atoms with E-state index >= 15 is 0 Å². The molecule has 0 aliphatic carbocycles. The summed E-state index contributed by atoms with van der Waals surface area (Å²) in [4.78, 5) is 53.3. The second kappa shape index (κ2) is 8.29. The number of hydrogen-bond acceptors (Lipinski definition) is 7. The fourth-order valence-corrected chi connectivity index (χ4v) is 4.89. The fourth-order valence-electron chi connectivity index (χ4n) is 4.89. The molecule has 1 unspecified atom stereocenters. The van der Waals surface area contributed by atoms with Crippen LogP contribution in [0.4, 0.5) is 5.69 Å². The number of anilines is 1.